The predicted molar refractivity (Wildman–Crippen MR) is 76.8 cm³/mol. The van der Waals surface area contributed by atoms with Crippen LogP contribution >= 0.6 is 0 Å². The SMILES string of the molecule is C[NH+](CC1(c2ccccc2)CCNCC1)S(C)(=O)=O. The Balaban J connectivity index is 2.30. The van der Waals surface area contributed by atoms with Gasteiger partial charge < -0.3 is 5.32 Å². The van der Waals surface area contributed by atoms with E-state index in [0.717, 1.165) is 25.9 Å². The molecule has 1 heterocycles. The van der Waals surface area contributed by atoms with Crippen LogP contribution < -0.4 is 9.62 Å². The van der Waals surface area contributed by atoms with Crippen LogP contribution in [0.3, 0.4) is 0 Å². The van der Waals surface area contributed by atoms with Crippen molar-refractivity contribution in [2.24, 2.45) is 0 Å². The van der Waals surface area contributed by atoms with Gasteiger partial charge >= 0.3 is 0 Å². The van der Waals surface area contributed by atoms with Gasteiger partial charge in [-0.05, 0) is 31.5 Å². The van der Waals surface area contributed by atoms with Crippen LogP contribution in [0.2, 0.25) is 0 Å². The molecule has 0 radical (unpaired) electrons. The van der Waals surface area contributed by atoms with Crippen molar-refractivity contribution in [2.75, 3.05) is 32.9 Å². The van der Waals surface area contributed by atoms with Crippen LogP contribution in [-0.4, -0.2) is 41.4 Å². The third kappa shape index (κ3) is 3.35. The quantitative estimate of drug-likeness (QED) is 0.803. The molecule has 1 aliphatic rings. The third-order valence-electron chi connectivity index (χ3n) is 4.17. The molecule has 1 aromatic carbocycles. The lowest BCUT2D eigenvalue weighted by molar-refractivity contribution is -0.749. The molecular weight excluding hydrogens is 260 g/mol. The number of hydrogen-bond acceptors (Lipinski definition) is 3. The lowest BCUT2D eigenvalue weighted by atomic mass is 9.73. The van der Waals surface area contributed by atoms with Crippen molar-refractivity contribution in [3.63, 3.8) is 0 Å². The summed E-state index contributed by atoms with van der Waals surface area (Å²) in [6, 6.07) is 10.3. The molecule has 2 N–H and O–H groups in total. The minimum absolute atomic E-state index is 0.0281. The Labute approximate surface area is 115 Å². The zero-order chi connectivity index (χ0) is 13.9. The van der Waals surface area contributed by atoms with E-state index in [-0.39, 0.29) is 5.41 Å². The van der Waals surface area contributed by atoms with E-state index >= 15 is 0 Å². The average molecular weight is 283 g/mol. The first-order chi connectivity index (χ1) is 8.94. The van der Waals surface area contributed by atoms with Crippen molar-refractivity contribution in [2.45, 2.75) is 18.3 Å². The number of nitrogens with one attached hydrogen (secondary N) is 2. The van der Waals surface area contributed by atoms with Crippen molar-refractivity contribution in [1.82, 2.24) is 5.32 Å². The zero-order valence-corrected chi connectivity index (χ0v) is 12.5. The molecule has 1 fully saturated rings. The normalized spacial score (nSPS) is 20.9. The van der Waals surface area contributed by atoms with E-state index in [2.05, 4.69) is 17.4 Å². The number of rotatable bonds is 4. The van der Waals surface area contributed by atoms with Crippen molar-refractivity contribution in [3.05, 3.63) is 35.9 Å². The summed E-state index contributed by atoms with van der Waals surface area (Å²) >= 11 is 0. The van der Waals surface area contributed by atoms with Crippen LogP contribution in [0.1, 0.15) is 18.4 Å². The highest BCUT2D eigenvalue weighted by Crippen LogP contribution is 2.32. The molecule has 106 valence electrons. The van der Waals surface area contributed by atoms with Gasteiger partial charge in [-0.3, -0.25) is 0 Å². The standard InChI is InChI=1S/C14H22N2O2S/c1-16(19(2,17)18)12-14(8-10-15-11-9-14)13-6-4-3-5-7-13/h3-7,15H,8-12H2,1-2H3/p+1. The van der Waals surface area contributed by atoms with Crippen molar-refractivity contribution < 1.29 is 12.7 Å². The predicted octanol–water partition coefficient (Wildman–Crippen LogP) is -0.218. The van der Waals surface area contributed by atoms with Gasteiger partial charge in [0.05, 0.1) is 13.3 Å². The topological polar surface area (TPSA) is 50.6 Å². The Kier molecular flexibility index (Phi) is 4.28. The summed E-state index contributed by atoms with van der Waals surface area (Å²) in [6.07, 6.45) is 3.29. The maximum Gasteiger partial charge on any atom is 0.292 e. The Hall–Kier alpha value is -0.910. The number of likely N-dealkylation sites (N-methyl/N-ethyl adjacent to an activating group) is 1. The van der Waals surface area contributed by atoms with E-state index in [1.807, 2.05) is 18.2 Å². The number of hydrogen-bond donors (Lipinski definition) is 2. The second-order valence-electron chi connectivity index (χ2n) is 5.55. The van der Waals surface area contributed by atoms with Crippen molar-refractivity contribution in [3.8, 4) is 0 Å². The molecule has 1 aromatic rings. The minimum Gasteiger partial charge on any atom is -0.317 e. The Morgan fingerprint density at radius 3 is 2.32 bits per heavy atom. The van der Waals surface area contributed by atoms with E-state index in [4.69, 9.17) is 0 Å². The summed E-state index contributed by atoms with van der Waals surface area (Å²) < 4.78 is 24.0. The fourth-order valence-electron chi connectivity index (χ4n) is 2.87. The van der Waals surface area contributed by atoms with Crippen molar-refractivity contribution >= 4 is 10.0 Å². The van der Waals surface area contributed by atoms with E-state index in [1.165, 1.54) is 11.8 Å². The molecule has 5 heteroatoms. The van der Waals surface area contributed by atoms with Crippen LogP contribution in [0, 0.1) is 0 Å². The van der Waals surface area contributed by atoms with Gasteiger partial charge in [-0.15, -0.1) is 0 Å². The maximum absolute atomic E-state index is 11.7. The molecule has 19 heavy (non-hydrogen) atoms. The summed E-state index contributed by atoms with van der Waals surface area (Å²) in [7, 11) is -1.30. The summed E-state index contributed by atoms with van der Waals surface area (Å²) in [5.41, 5.74) is 1.24. The summed E-state index contributed by atoms with van der Waals surface area (Å²) in [5, 5.41) is 3.36. The van der Waals surface area contributed by atoms with Crippen LogP contribution in [0.4, 0.5) is 0 Å². The molecule has 1 aliphatic heterocycles. The third-order valence-corrected chi connectivity index (χ3v) is 5.58. The number of sulfonamides is 1. The van der Waals surface area contributed by atoms with Gasteiger partial charge in [0.1, 0.15) is 6.54 Å². The van der Waals surface area contributed by atoms with Gasteiger partial charge in [-0.1, -0.05) is 30.3 Å². The maximum atomic E-state index is 11.7. The zero-order valence-electron chi connectivity index (χ0n) is 11.6. The van der Waals surface area contributed by atoms with Gasteiger partial charge in [0.25, 0.3) is 10.0 Å². The van der Waals surface area contributed by atoms with Gasteiger partial charge in [0.15, 0.2) is 0 Å². The van der Waals surface area contributed by atoms with E-state index in [9.17, 15) is 8.42 Å². The van der Waals surface area contributed by atoms with Crippen LogP contribution in [-0.2, 0) is 15.4 Å². The van der Waals surface area contributed by atoms with E-state index < -0.39 is 10.0 Å². The average Bonchev–Trinajstić information content (AvgIpc) is 2.40. The molecule has 0 amide bonds. The first-order valence-electron chi connectivity index (χ1n) is 6.73. The van der Waals surface area contributed by atoms with Crippen LogP contribution in [0.15, 0.2) is 30.3 Å². The fraction of sp³-hybridized carbons (Fsp3) is 0.571. The number of benzene rings is 1. The van der Waals surface area contributed by atoms with Gasteiger partial charge in [-0.2, -0.15) is 8.42 Å². The van der Waals surface area contributed by atoms with Gasteiger partial charge in [0, 0.05) is 5.41 Å². The summed E-state index contributed by atoms with van der Waals surface area (Å²) in [6.45, 7) is 2.54. The number of piperidine rings is 1. The minimum atomic E-state index is -3.05. The molecule has 0 aromatic heterocycles. The lowest BCUT2D eigenvalue weighted by Crippen LogP contribution is -3.12. The molecule has 0 saturated carbocycles. The van der Waals surface area contributed by atoms with E-state index in [1.54, 1.807) is 7.05 Å². The molecule has 1 atom stereocenters. The molecule has 0 aliphatic carbocycles. The summed E-state index contributed by atoms with van der Waals surface area (Å²) in [4.78, 5) is 0. The van der Waals surface area contributed by atoms with Crippen LogP contribution in [0.25, 0.3) is 0 Å². The largest absolute Gasteiger partial charge is 0.317 e. The van der Waals surface area contributed by atoms with Gasteiger partial charge in [0.2, 0.25) is 0 Å². The smallest absolute Gasteiger partial charge is 0.292 e. The highest BCUT2D eigenvalue weighted by molar-refractivity contribution is 7.84. The lowest BCUT2D eigenvalue weighted by Gasteiger charge is -2.38. The first kappa shape index (κ1) is 14.5. The van der Waals surface area contributed by atoms with Crippen LogP contribution in [0.5, 0.6) is 0 Å². The second-order valence-corrected chi connectivity index (χ2v) is 7.79. The van der Waals surface area contributed by atoms with Crippen molar-refractivity contribution in [1.29, 1.82) is 0 Å². The van der Waals surface area contributed by atoms with E-state index in [0.29, 0.717) is 10.8 Å². The molecule has 0 spiro atoms. The highest BCUT2D eigenvalue weighted by atomic mass is 32.2. The number of quaternary nitrogens is 1. The summed E-state index contributed by atoms with van der Waals surface area (Å²) in [5.74, 6) is 0. The molecule has 4 nitrogen and oxygen atoms in total. The fourth-order valence-corrected chi connectivity index (χ4v) is 3.41. The Morgan fingerprint density at radius 1 is 1.21 bits per heavy atom. The molecule has 2 rings (SSSR count). The highest BCUT2D eigenvalue weighted by Gasteiger charge is 2.39. The molecular formula is C14H23N2O2S+. The first-order valence-corrected chi connectivity index (χ1v) is 8.62. The molecule has 1 unspecified atom stereocenters. The monoisotopic (exact) mass is 283 g/mol. The van der Waals surface area contributed by atoms with Gasteiger partial charge in [-0.25, -0.2) is 4.31 Å². The Morgan fingerprint density at radius 2 is 1.79 bits per heavy atom. The Bertz CT molecular complexity index is 508. The second kappa shape index (κ2) is 5.61. The molecule has 1 saturated heterocycles. The molecule has 0 bridgehead atoms.